The summed E-state index contributed by atoms with van der Waals surface area (Å²) < 4.78 is 0. The number of aromatic nitrogens is 2. The third-order valence-electron chi connectivity index (χ3n) is 3.42. The zero-order valence-corrected chi connectivity index (χ0v) is 15.8. The third kappa shape index (κ3) is 4.57. The number of carboxylic acid groups (broad SMARTS) is 1. The highest BCUT2D eigenvalue weighted by Gasteiger charge is 2.17. The fourth-order valence-corrected chi connectivity index (χ4v) is 3.38. The van der Waals surface area contributed by atoms with E-state index in [0.717, 1.165) is 0 Å². The maximum Gasteiger partial charge on any atom is 0.336 e. The van der Waals surface area contributed by atoms with Crippen LogP contribution in [0, 0.1) is 0 Å². The quantitative estimate of drug-likeness (QED) is 0.611. The van der Waals surface area contributed by atoms with Crippen molar-refractivity contribution in [3.8, 4) is 0 Å². The minimum atomic E-state index is -1.18. The molecule has 0 aliphatic heterocycles. The van der Waals surface area contributed by atoms with Gasteiger partial charge in [0.25, 0.3) is 5.91 Å². The lowest BCUT2D eigenvalue weighted by Crippen LogP contribution is -2.16. The van der Waals surface area contributed by atoms with E-state index in [9.17, 15) is 14.7 Å². The molecular formula is C18H11Cl2N3O3S. The maximum absolute atomic E-state index is 12.5. The number of benzene rings is 2. The molecule has 0 atom stereocenters. The Morgan fingerprint density at radius 3 is 2.37 bits per heavy atom. The lowest BCUT2D eigenvalue weighted by Gasteiger charge is -2.11. The molecule has 1 aromatic heterocycles. The van der Waals surface area contributed by atoms with E-state index in [4.69, 9.17) is 23.2 Å². The van der Waals surface area contributed by atoms with Crippen molar-refractivity contribution in [2.75, 3.05) is 5.32 Å². The van der Waals surface area contributed by atoms with Gasteiger partial charge in [0.15, 0.2) is 0 Å². The predicted octanol–water partition coefficient (Wildman–Crippen LogP) is 4.89. The first-order chi connectivity index (χ1) is 13.0. The highest BCUT2D eigenvalue weighted by atomic mass is 35.5. The molecule has 27 heavy (non-hydrogen) atoms. The molecule has 0 aliphatic rings. The highest BCUT2D eigenvalue weighted by molar-refractivity contribution is 7.99. The normalized spacial score (nSPS) is 10.4. The van der Waals surface area contributed by atoms with Crippen LogP contribution in [-0.2, 0) is 0 Å². The van der Waals surface area contributed by atoms with Gasteiger partial charge in [-0.1, -0.05) is 53.2 Å². The summed E-state index contributed by atoms with van der Waals surface area (Å²) >= 11 is 13.4. The summed E-state index contributed by atoms with van der Waals surface area (Å²) in [6, 6.07) is 11.1. The van der Waals surface area contributed by atoms with Crippen LogP contribution in [0.15, 0.2) is 64.8 Å². The molecule has 1 heterocycles. The molecule has 0 saturated heterocycles. The zero-order valence-electron chi connectivity index (χ0n) is 13.5. The van der Waals surface area contributed by atoms with E-state index in [0.29, 0.717) is 20.6 Å². The number of carbonyl (C=O) groups is 2. The number of aromatic carboxylic acids is 1. The Labute approximate surface area is 168 Å². The van der Waals surface area contributed by atoms with Crippen molar-refractivity contribution < 1.29 is 14.7 Å². The number of carboxylic acids is 1. The van der Waals surface area contributed by atoms with Crippen molar-refractivity contribution in [2.24, 2.45) is 0 Å². The van der Waals surface area contributed by atoms with Gasteiger partial charge in [0.1, 0.15) is 10.2 Å². The van der Waals surface area contributed by atoms with Gasteiger partial charge < -0.3 is 10.4 Å². The number of hydrogen-bond donors (Lipinski definition) is 2. The second-order valence-corrected chi connectivity index (χ2v) is 7.03. The third-order valence-corrected chi connectivity index (χ3v) is 5.12. The Balaban J connectivity index is 1.85. The molecule has 0 unspecified atom stereocenters. The molecule has 3 aromatic rings. The van der Waals surface area contributed by atoms with Crippen LogP contribution in [0.25, 0.3) is 0 Å². The summed E-state index contributed by atoms with van der Waals surface area (Å²) in [5.74, 6) is -1.75. The Bertz CT molecular complexity index is 1010. The fraction of sp³-hybridized carbons (Fsp3) is 0. The summed E-state index contributed by atoms with van der Waals surface area (Å²) in [4.78, 5) is 32.6. The van der Waals surface area contributed by atoms with Crippen molar-refractivity contribution in [1.82, 2.24) is 9.97 Å². The van der Waals surface area contributed by atoms with Crippen LogP contribution in [0.1, 0.15) is 20.7 Å². The summed E-state index contributed by atoms with van der Waals surface area (Å²) in [6.45, 7) is 0. The number of amides is 1. The molecule has 9 heteroatoms. The Morgan fingerprint density at radius 2 is 1.70 bits per heavy atom. The SMILES string of the molecule is O=C(O)c1ccccc1C(=O)Nc1cccc(Sc2cnc(Cl)cn2)c1Cl. The first-order valence-corrected chi connectivity index (χ1v) is 9.10. The van der Waals surface area contributed by atoms with Crippen LogP contribution in [0.5, 0.6) is 0 Å². The number of carbonyl (C=O) groups excluding carboxylic acids is 1. The average molecular weight is 420 g/mol. The Kier molecular flexibility index (Phi) is 5.95. The minimum absolute atomic E-state index is 0.0442. The second kappa shape index (κ2) is 8.39. The van der Waals surface area contributed by atoms with Gasteiger partial charge in [-0.3, -0.25) is 4.79 Å². The van der Waals surface area contributed by atoms with E-state index >= 15 is 0 Å². The smallest absolute Gasteiger partial charge is 0.336 e. The topological polar surface area (TPSA) is 92.2 Å². The number of rotatable bonds is 5. The van der Waals surface area contributed by atoms with Crippen LogP contribution in [-0.4, -0.2) is 27.0 Å². The maximum atomic E-state index is 12.5. The molecule has 0 aliphatic carbocycles. The summed E-state index contributed by atoms with van der Waals surface area (Å²) in [5, 5.41) is 13.1. The van der Waals surface area contributed by atoms with Crippen LogP contribution in [0.2, 0.25) is 10.2 Å². The lowest BCUT2D eigenvalue weighted by atomic mass is 10.1. The van der Waals surface area contributed by atoms with Gasteiger partial charge in [-0.25, -0.2) is 14.8 Å². The number of nitrogens with one attached hydrogen (secondary N) is 1. The predicted molar refractivity (Wildman–Crippen MR) is 104 cm³/mol. The van der Waals surface area contributed by atoms with Crippen molar-refractivity contribution in [1.29, 1.82) is 0 Å². The second-order valence-electron chi connectivity index (χ2n) is 5.20. The summed E-state index contributed by atoms with van der Waals surface area (Å²) in [7, 11) is 0. The van der Waals surface area contributed by atoms with Crippen molar-refractivity contribution >= 4 is 52.5 Å². The molecule has 0 saturated carbocycles. The molecule has 0 radical (unpaired) electrons. The van der Waals surface area contributed by atoms with Gasteiger partial charge in [-0.15, -0.1) is 0 Å². The number of halogens is 2. The van der Waals surface area contributed by atoms with Gasteiger partial charge in [0.2, 0.25) is 0 Å². The molecule has 0 bridgehead atoms. The van der Waals surface area contributed by atoms with Crippen LogP contribution in [0.4, 0.5) is 5.69 Å². The van der Waals surface area contributed by atoms with Crippen molar-refractivity contribution in [3.63, 3.8) is 0 Å². The lowest BCUT2D eigenvalue weighted by molar-refractivity contribution is 0.0692. The van der Waals surface area contributed by atoms with Crippen LogP contribution >= 0.6 is 35.0 Å². The standard InChI is InChI=1S/C18H11Cl2N3O3S/c19-14-8-22-15(9-21-14)27-13-7-3-6-12(16(13)20)23-17(24)10-4-1-2-5-11(10)18(25)26/h1-9H,(H,23,24)(H,25,26). The number of anilines is 1. The molecular weight excluding hydrogens is 409 g/mol. The molecule has 2 aromatic carbocycles. The van der Waals surface area contributed by atoms with E-state index in [1.54, 1.807) is 30.3 Å². The molecule has 3 rings (SSSR count). The van der Waals surface area contributed by atoms with E-state index in [1.165, 1.54) is 36.3 Å². The highest BCUT2D eigenvalue weighted by Crippen LogP contribution is 2.36. The molecule has 136 valence electrons. The van der Waals surface area contributed by atoms with Gasteiger partial charge in [0.05, 0.1) is 34.2 Å². The first kappa shape index (κ1) is 19.2. The van der Waals surface area contributed by atoms with E-state index in [2.05, 4.69) is 15.3 Å². The summed E-state index contributed by atoms with van der Waals surface area (Å²) in [6.07, 6.45) is 2.93. The first-order valence-electron chi connectivity index (χ1n) is 7.53. The largest absolute Gasteiger partial charge is 0.478 e. The Hall–Kier alpha value is -2.61. The summed E-state index contributed by atoms with van der Waals surface area (Å²) in [5.41, 5.74) is 0.310. The van der Waals surface area contributed by atoms with Gasteiger partial charge in [-0.2, -0.15) is 0 Å². The van der Waals surface area contributed by atoms with Crippen molar-refractivity contribution in [3.05, 3.63) is 76.2 Å². The minimum Gasteiger partial charge on any atom is -0.478 e. The molecule has 0 fully saturated rings. The van der Waals surface area contributed by atoms with Crippen LogP contribution in [0.3, 0.4) is 0 Å². The van der Waals surface area contributed by atoms with Gasteiger partial charge >= 0.3 is 5.97 Å². The zero-order chi connectivity index (χ0) is 19.4. The van der Waals surface area contributed by atoms with E-state index in [-0.39, 0.29) is 16.3 Å². The number of nitrogens with zero attached hydrogens (tertiary/aromatic N) is 2. The van der Waals surface area contributed by atoms with E-state index in [1.807, 2.05) is 0 Å². The van der Waals surface area contributed by atoms with Crippen LogP contribution < -0.4 is 5.32 Å². The number of hydrogen-bond acceptors (Lipinski definition) is 5. The van der Waals surface area contributed by atoms with Gasteiger partial charge in [-0.05, 0) is 24.3 Å². The molecule has 6 nitrogen and oxygen atoms in total. The monoisotopic (exact) mass is 419 g/mol. The van der Waals surface area contributed by atoms with Gasteiger partial charge in [0, 0.05) is 4.90 Å². The molecule has 1 amide bonds. The van der Waals surface area contributed by atoms with Crippen molar-refractivity contribution in [2.45, 2.75) is 9.92 Å². The molecule has 0 spiro atoms. The average Bonchev–Trinajstić information content (AvgIpc) is 2.66. The molecule has 2 N–H and O–H groups in total. The fourth-order valence-electron chi connectivity index (χ4n) is 2.21. The Morgan fingerprint density at radius 1 is 0.963 bits per heavy atom. The van der Waals surface area contributed by atoms with E-state index < -0.39 is 11.9 Å².